The molecule has 0 heterocycles. The van der Waals surface area contributed by atoms with Crippen LogP contribution in [0.4, 0.5) is 0 Å². The molecule has 0 spiro atoms. The Morgan fingerprint density at radius 2 is 1.84 bits per heavy atom. The van der Waals surface area contributed by atoms with Crippen LogP contribution >= 0.6 is 0 Å². The molecule has 1 aromatic rings. The van der Waals surface area contributed by atoms with Crippen LogP contribution in [-0.4, -0.2) is 11.7 Å². The minimum Gasteiger partial charge on any atom is -0.508 e. The first-order valence-electron chi connectivity index (χ1n) is 7.68. The van der Waals surface area contributed by atoms with E-state index in [1.807, 2.05) is 6.07 Å². The van der Waals surface area contributed by atoms with Gasteiger partial charge in [0.15, 0.2) is 0 Å². The predicted octanol–water partition coefficient (Wildman–Crippen LogP) is 4.01. The summed E-state index contributed by atoms with van der Waals surface area (Å²) < 4.78 is 0. The van der Waals surface area contributed by atoms with Crippen molar-refractivity contribution in [2.45, 2.75) is 52.5 Å². The molecule has 1 aliphatic rings. The summed E-state index contributed by atoms with van der Waals surface area (Å²) in [5.41, 5.74) is 2.22. The van der Waals surface area contributed by atoms with E-state index in [1.165, 1.54) is 37.7 Å². The molecule has 0 radical (unpaired) electrons. The van der Waals surface area contributed by atoms with E-state index in [9.17, 15) is 5.11 Å². The second-order valence-electron chi connectivity index (χ2n) is 6.06. The Kier molecular flexibility index (Phi) is 5.26. The fourth-order valence-corrected chi connectivity index (χ4v) is 3.11. The minimum absolute atomic E-state index is 0.410. The van der Waals surface area contributed by atoms with E-state index in [4.69, 9.17) is 0 Å². The van der Waals surface area contributed by atoms with Gasteiger partial charge in [-0.15, -0.1) is 0 Å². The van der Waals surface area contributed by atoms with Crippen LogP contribution < -0.4 is 5.32 Å². The summed E-state index contributed by atoms with van der Waals surface area (Å²) in [5, 5.41) is 13.3. The van der Waals surface area contributed by atoms with Gasteiger partial charge in [-0.3, -0.25) is 0 Å². The smallest absolute Gasteiger partial charge is 0.120 e. The summed E-state index contributed by atoms with van der Waals surface area (Å²) >= 11 is 0. The molecule has 1 aliphatic carbocycles. The van der Waals surface area contributed by atoms with Gasteiger partial charge in [0.2, 0.25) is 0 Å². The molecule has 0 atom stereocenters. The summed E-state index contributed by atoms with van der Waals surface area (Å²) in [6.45, 7) is 6.24. The van der Waals surface area contributed by atoms with E-state index >= 15 is 0 Å². The lowest BCUT2D eigenvalue weighted by atomic mass is 9.81. The molecule has 106 valence electrons. The van der Waals surface area contributed by atoms with E-state index in [0.29, 0.717) is 5.75 Å². The highest BCUT2D eigenvalue weighted by Gasteiger charge is 2.19. The van der Waals surface area contributed by atoms with Gasteiger partial charge in [-0.1, -0.05) is 43.9 Å². The normalized spacial score (nSPS) is 23.5. The molecular weight excluding hydrogens is 234 g/mol. The van der Waals surface area contributed by atoms with Crippen molar-refractivity contribution in [3.05, 3.63) is 29.3 Å². The lowest BCUT2D eigenvalue weighted by Gasteiger charge is -2.28. The maximum absolute atomic E-state index is 9.80. The first kappa shape index (κ1) is 14.4. The van der Waals surface area contributed by atoms with Crippen molar-refractivity contribution in [3.63, 3.8) is 0 Å². The zero-order chi connectivity index (χ0) is 13.7. The molecule has 0 aromatic heterocycles. The van der Waals surface area contributed by atoms with Crippen LogP contribution in [0, 0.1) is 18.8 Å². The van der Waals surface area contributed by atoms with Crippen LogP contribution in [0.25, 0.3) is 0 Å². The highest BCUT2D eigenvalue weighted by Crippen LogP contribution is 2.30. The van der Waals surface area contributed by atoms with E-state index in [-0.39, 0.29) is 0 Å². The predicted molar refractivity (Wildman–Crippen MR) is 80.3 cm³/mol. The molecule has 1 saturated carbocycles. The number of nitrogens with one attached hydrogen (secondary N) is 1. The average molecular weight is 261 g/mol. The van der Waals surface area contributed by atoms with Crippen molar-refractivity contribution in [1.82, 2.24) is 5.32 Å². The van der Waals surface area contributed by atoms with Crippen molar-refractivity contribution in [3.8, 4) is 5.75 Å². The summed E-state index contributed by atoms with van der Waals surface area (Å²) in [4.78, 5) is 0. The second-order valence-corrected chi connectivity index (χ2v) is 6.06. The maximum atomic E-state index is 9.80. The molecule has 2 N–H and O–H groups in total. The SMILES string of the molecule is CCC1CCC(CNCc2cc(C)ccc2O)CC1. The monoisotopic (exact) mass is 261 g/mol. The zero-order valence-electron chi connectivity index (χ0n) is 12.3. The van der Waals surface area contributed by atoms with E-state index in [1.54, 1.807) is 6.07 Å². The van der Waals surface area contributed by atoms with Gasteiger partial charge >= 0.3 is 0 Å². The second kappa shape index (κ2) is 6.95. The molecular formula is C17H27NO. The van der Waals surface area contributed by atoms with Gasteiger partial charge in [-0.05, 0) is 44.2 Å². The van der Waals surface area contributed by atoms with Crippen molar-refractivity contribution in [2.24, 2.45) is 11.8 Å². The Bertz CT molecular complexity index is 394. The van der Waals surface area contributed by atoms with E-state index in [0.717, 1.165) is 30.5 Å². The largest absolute Gasteiger partial charge is 0.508 e. The average Bonchev–Trinajstić information content (AvgIpc) is 2.43. The highest BCUT2D eigenvalue weighted by molar-refractivity contribution is 5.35. The lowest BCUT2D eigenvalue weighted by molar-refractivity contribution is 0.262. The van der Waals surface area contributed by atoms with Gasteiger partial charge in [-0.25, -0.2) is 0 Å². The third-order valence-corrected chi connectivity index (χ3v) is 4.53. The third kappa shape index (κ3) is 4.24. The molecule has 2 heteroatoms. The molecule has 0 saturated heterocycles. The standard InChI is InChI=1S/C17H27NO/c1-3-14-5-7-15(8-6-14)11-18-12-16-10-13(2)4-9-17(16)19/h4,9-10,14-15,18-19H,3,5-8,11-12H2,1-2H3. The number of hydrogen-bond donors (Lipinski definition) is 2. The molecule has 0 unspecified atom stereocenters. The Labute approximate surface area is 117 Å². The summed E-state index contributed by atoms with van der Waals surface area (Å²) in [5.74, 6) is 2.21. The van der Waals surface area contributed by atoms with Crippen LogP contribution in [0.2, 0.25) is 0 Å². The van der Waals surface area contributed by atoms with Crippen molar-refractivity contribution in [2.75, 3.05) is 6.54 Å². The molecule has 0 amide bonds. The summed E-state index contributed by atoms with van der Waals surface area (Å²) in [6, 6.07) is 5.81. The van der Waals surface area contributed by atoms with Gasteiger partial charge < -0.3 is 10.4 Å². The summed E-state index contributed by atoms with van der Waals surface area (Å²) in [6.07, 6.45) is 6.88. The lowest BCUT2D eigenvalue weighted by Crippen LogP contribution is -2.26. The molecule has 19 heavy (non-hydrogen) atoms. The van der Waals surface area contributed by atoms with Crippen LogP contribution in [0.5, 0.6) is 5.75 Å². The molecule has 0 aliphatic heterocycles. The molecule has 1 aromatic carbocycles. The fraction of sp³-hybridized carbons (Fsp3) is 0.647. The Morgan fingerprint density at radius 3 is 2.53 bits per heavy atom. The van der Waals surface area contributed by atoms with E-state index < -0.39 is 0 Å². The number of aryl methyl sites for hydroxylation is 1. The number of phenols is 1. The quantitative estimate of drug-likeness (QED) is 0.839. The Balaban J connectivity index is 1.73. The van der Waals surface area contributed by atoms with Crippen LogP contribution in [-0.2, 0) is 6.54 Å². The van der Waals surface area contributed by atoms with Crippen molar-refractivity contribution in [1.29, 1.82) is 0 Å². The van der Waals surface area contributed by atoms with Crippen LogP contribution in [0.3, 0.4) is 0 Å². The van der Waals surface area contributed by atoms with Gasteiger partial charge in [0.1, 0.15) is 5.75 Å². The number of rotatable bonds is 5. The van der Waals surface area contributed by atoms with Gasteiger partial charge in [0.25, 0.3) is 0 Å². The number of aromatic hydroxyl groups is 1. The topological polar surface area (TPSA) is 32.3 Å². The first-order valence-corrected chi connectivity index (χ1v) is 7.68. The Morgan fingerprint density at radius 1 is 1.16 bits per heavy atom. The first-order chi connectivity index (χ1) is 9.19. The van der Waals surface area contributed by atoms with Gasteiger partial charge in [-0.2, -0.15) is 0 Å². The summed E-state index contributed by atoms with van der Waals surface area (Å²) in [7, 11) is 0. The number of phenolic OH excluding ortho intramolecular Hbond substituents is 1. The molecule has 2 rings (SSSR count). The van der Waals surface area contributed by atoms with Gasteiger partial charge in [0, 0.05) is 12.1 Å². The van der Waals surface area contributed by atoms with Crippen LogP contribution in [0.15, 0.2) is 18.2 Å². The third-order valence-electron chi connectivity index (χ3n) is 4.53. The van der Waals surface area contributed by atoms with Crippen molar-refractivity contribution < 1.29 is 5.11 Å². The minimum atomic E-state index is 0.410. The van der Waals surface area contributed by atoms with Gasteiger partial charge in [0.05, 0.1) is 0 Å². The maximum Gasteiger partial charge on any atom is 0.120 e. The highest BCUT2D eigenvalue weighted by atomic mass is 16.3. The molecule has 2 nitrogen and oxygen atoms in total. The fourth-order valence-electron chi connectivity index (χ4n) is 3.11. The number of benzene rings is 1. The van der Waals surface area contributed by atoms with Crippen LogP contribution in [0.1, 0.15) is 50.2 Å². The zero-order valence-corrected chi connectivity index (χ0v) is 12.3. The van der Waals surface area contributed by atoms with Crippen molar-refractivity contribution >= 4 is 0 Å². The number of hydrogen-bond acceptors (Lipinski definition) is 2. The Hall–Kier alpha value is -1.02. The molecule has 1 fully saturated rings. The molecule has 0 bridgehead atoms. The van der Waals surface area contributed by atoms with E-state index in [2.05, 4.69) is 25.2 Å².